The molecule has 0 fully saturated rings. The first-order valence-electron chi connectivity index (χ1n) is 5.69. The lowest BCUT2D eigenvalue weighted by Crippen LogP contribution is -2.22. The summed E-state index contributed by atoms with van der Waals surface area (Å²) >= 11 is 0. The number of benzene rings is 1. The quantitative estimate of drug-likeness (QED) is 0.659. The Labute approximate surface area is 102 Å². The van der Waals surface area contributed by atoms with E-state index in [1.165, 1.54) is 0 Å². The van der Waals surface area contributed by atoms with E-state index < -0.39 is 6.10 Å². The minimum atomic E-state index is -0.587. The topological polar surface area (TPSA) is 47.9 Å². The molecule has 0 amide bonds. The van der Waals surface area contributed by atoms with Crippen LogP contribution in [0.1, 0.15) is 5.56 Å². The molecule has 0 aliphatic rings. The molecule has 0 aliphatic heterocycles. The largest absolute Gasteiger partial charge is 0.388 e. The lowest BCUT2D eigenvalue weighted by Gasteiger charge is -2.11. The molecule has 0 heterocycles. The molecule has 0 aliphatic carbocycles. The van der Waals surface area contributed by atoms with Gasteiger partial charge in [0.1, 0.15) is 6.10 Å². The smallest absolute Gasteiger partial charge is 0.101 e. The fraction of sp³-hybridized carbons (Fsp3) is 0.538. The molecule has 0 radical (unpaired) electrons. The van der Waals surface area contributed by atoms with Gasteiger partial charge < -0.3 is 19.3 Å². The molecule has 1 aromatic carbocycles. The van der Waals surface area contributed by atoms with Crippen molar-refractivity contribution in [3.63, 3.8) is 0 Å². The summed E-state index contributed by atoms with van der Waals surface area (Å²) in [6, 6.07) is 9.86. The van der Waals surface area contributed by atoms with Crippen LogP contribution in [-0.4, -0.2) is 44.7 Å². The Morgan fingerprint density at radius 1 is 1.06 bits per heavy atom. The first-order chi connectivity index (χ1) is 8.33. The molecule has 4 nitrogen and oxygen atoms in total. The molecule has 0 aromatic heterocycles. The summed E-state index contributed by atoms with van der Waals surface area (Å²) in [7, 11) is 1.61. The molecular weight excluding hydrogens is 220 g/mol. The lowest BCUT2D eigenvalue weighted by atomic mass is 10.2. The van der Waals surface area contributed by atoms with Crippen LogP contribution in [0.25, 0.3) is 0 Å². The minimum absolute atomic E-state index is 0.276. The fourth-order valence-corrected chi connectivity index (χ4v) is 1.30. The van der Waals surface area contributed by atoms with Crippen LogP contribution in [0.3, 0.4) is 0 Å². The summed E-state index contributed by atoms with van der Waals surface area (Å²) in [5.41, 5.74) is 1.10. The normalized spacial score (nSPS) is 12.6. The van der Waals surface area contributed by atoms with Gasteiger partial charge in [0.2, 0.25) is 0 Å². The van der Waals surface area contributed by atoms with Gasteiger partial charge in [0.05, 0.1) is 33.0 Å². The van der Waals surface area contributed by atoms with Gasteiger partial charge in [0.15, 0.2) is 0 Å². The number of aliphatic hydroxyl groups excluding tert-OH is 1. The van der Waals surface area contributed by atoms with E-state index in [0.717, 1.165) is 5.56 Å². The first-order valence-corrected chi connectivity index (χ1v) is 5.69. The van der Waals surface area contributed by atoms with Gasteiger partial charge in [0.25, 0.3) is 0 Å². The van der Waals surface area contributed by atoms with Crippen molar-refractivity contribution in [2.45, 2.75) is 12.7 Å². The van der Waals surface area contributed by atoms with Crippen molar-refractivity contribution in [2.24, 2.45) is 0 Å². The van der Waals surface area contributed by atoms with Gasteiger partial charge in [-0.3, -0.25) is 0 Å². The second kappa shape index (κ2) is 9.13. The van der Waals surface area contributed by atoms with E-state index in [1.807, 2.05) is 30.3 Å². The van der Waals surface area contributed by atoms with Gasteiger partial charge in [-0.1, -0.05) is 30.3 Å². The number of ether oxygens (including phenoxy) is 3. The highest BCUT2D eigenvalue weighted by atomic mass is 16.5. The summed E-state index contributed by atoms with van der Waals surface area (Å²) in [4.78, 5) is 0. The van der Waals surface area contributed by atoms with E-state index in [-0.39, 0.29) is 13.2 Å². The third-order valence-electron chi connectivity index (χ3n) is 2.16. The van der Waals surface area contributed by atoms with Crippen LogP contribution in [0.5, 0.6) is 0 Å². The molecule has 0 bridgehead atoms. The van der Waals surface area contributed by atoms with E-state index in [2.05, 4.69) is 0 Å². The predicted molar refractivity (Wildman–Crippen MR) is 64.8 cm³/mol. The van der Waals surface area contributed by atoms with Crippen molar-refractivity contribution >= 4 is 0 Å². The molecule has 1 rings (SSSR count). The molecular formula is C13H20O4. The van der Waals surface area contributed by atoms with Crippen LogP contribution in [-0.2, 0) is 20.8 Å². The summed E-state index contributed by atoms with van der Waals surface area (Å²) in [5.74, 6) is 0. The van der Waals surface area contributed by atoms with Crippen LogP contribution >= 0.6 is 0 Å². The van der Waals surface area contributed by atoms with Crippen molar-refractivity contribution in [3.8, 4) is 0 Å². The van der Waals surface area contributed by atoms with E-state index in [4.69, 9.17) is 14.2 Å². The average molecular weight is 240 g/mol. The number of hydrogen-bond acceptors (Lipinski definition) is 4. The van der Waals surface area contributed by atoms with Crippen molar-refractivity contribution in [1.82, 2.24) is 0 Å². The SMILES string of the molecule is COCCOCC(O)COCc1ccccc1. The zero-order chi connectivity index (χ0) is 12.3. The maximum Gasteiger partial charge on any atom is 0.101 e. The number of aliphatic hydroxyl groups is 1. The minimum Gasteiger partial charge on any atom is -0.388 e. The molecule has 1 unspecified atom stereocenters. The van der Waals surface area contributed by atoms with Crippen LogP contribution in [0.2, 0.25) is 0 Å². The molecule has 1 atom stereocenters. The lowest BCUT2D eigenvalue weighted by molar-refractivity contribution is -0.0319. The number of methoxy groups -OCH3 is 1. The Morgan fingerprint density at radius 3 is 2.47 bits per heavy atom. The molecule has 0 saturated heterocycles. The zero-order valence-corrected chi connectivity index (χ0v) is 10.2. The van der Waals surface area contributed by atoms with Crippen LogP contribution in [0, 0.1) is 0 Å². The maximum atomic E-state index is 9.54. The van der Waals surface area contributed by atoms with Gasteiger partial charge in [-0.05, 0) is 5.56 Å². The number of hydrogen-bond donors (Lipinski definition) is 1. The van der Waals surface area contributed by atoms with Crippen molar-refractivity contribution in [3.05, 3.63) is 35.9 Å². The summed E-state index contributed by atoms with van der Waals surface area (Å²) in [5, 5.41) is 9.54. The monoisotopic (exact) mass is 240 g/mol. The van der Waals surface area contributed by atoms with Crippen LogP contribution in [0.4, 0.5) is 0 Å². The molecule has 0 saturated carbocycles. The first kappa shape index (κ1) is 14.1. The Hall–Kier alpha value is -0.940. The van der Waals surface area contributed by atoms with Gasteiger partial charge in [-0.2, -0.15) is 0 Å². The molecule has 96 valence electrons. The Bertz CT molecular complexity index is 276. The number of rotatable bonds is 9. The molecule has 1 aromatic rings. The van der Waals surface area contributed by atoms with E-state index >= 15 is 0 Å². The van der Waals surface area contributed by atoms with Crippen molar-refractivity contribution < 1.29 is 19.3 Å². The van der Waals surface area contributed by atoms with Gasteiger partial charge in [-0.15, -0.1) is 0 Å². The summed E-state index contributed by atoms with van der Waals surface area (Å²) in [6.45, 7) is 2.10. The van der Waals surface area contributed by atoms with Gasteiger partial charge in [-0.25, -0.2) is 0 Å². The third-order valence-corrected chi connectivity index (χ3v) is 2.16. The highest BCUT2D eigenvalue weighted by molar-refractivity contribution is 5.13. The molecule has 4 heteroatoms. The fourth-order valence-electron chi connectivity index (χ4n) is 1.30. The molecule has 17 heavy (non-hydrogen) atoms. The van der Waals surface area contributed by atoms with Crippen molar-refractivity contribution in [2.75, 3.05) is 33.5 Å². The predicted octanol–water partition coefficient (Wildman–Crippen LogP) is 1.23. The highest BCUT2D eigenvalue weighted by Crippen LogP contribution is 2.01. The second-order valence-corrected chi connectivity index (χ2v) is 3.72. The van der Waals surface area contributed by atoms with Crippen LogP contribution < -0.4 is 0 Å². The van der Waals surface area contributed by atoms with Crippen LogP contribution in [0.15, 0.2) is 30.3 Å². The Balaban J connectivity index is 2.02. The molecule has 0 spiro atoms. The van der Waals surface area contributed by atoms with E-state index in [0.29, 0.717) is 19.8 Å². The average Bonchev–Trinajstić information content (AvgIpc) is 2.36. The zero-order valence-electron chi connectivity index (χ0n) is 10.2. The highest BCUT2D eigenvalue weighted by Gasteiger charge is 2.04. The standard InChI is InChI=1S/C13H20O4/c1-15-7-8-16-10-13(14)11-17-9-12-5-3-2-4-6-12/h2-6,13-14H,7-11H2,1H3. The van der Waals surface area contributed by atoms with E-state index in [1.54, 1.807) is 7.11 Å². The summed E-state index contributed by atoms with van der Waals surface area (Å²) in [6.07, 6.45) is -0.587. The van der Waals surface area contributed by atoms with Crippen molar-refractivity contribution in [1.29, 1.82) is 0 Å². The Kier molecular flexibility index (Phi) is 7.58. The van der Waals surface area contributed by atoms with Gasteiger partial charge in [0, 0.05) is 7.11 Å². The van der Waals surface area contributed by atoms with Gasteiger partial charge >= 0.3 is 0 Å². The third kappa shape index (κ3) is 7.07. The maximum absolute atomic E-state index is 9.54. The summed E-state index contributed by atoms with van der Waals surface area (Å²) < 4.78 is 15.4. The second-order valence-electron chi connectivity index (χ2n) is 3.72. The van der Waals surface area contributed by atoms with E-state index in [9.17, 15) is 5.11 Å². The molecule has 1 N–H and O–H groups in total. The Morgan fingerprint density at radius 2 is 1.76 bits per heavy atom.